The Balaban J connectivity index is 1.81. The summed E-state index contributed by atoms with van der Waals surface area (Å²) in [4.78, 5) is 20.1. The van der Waals surface area contributed by atoms with Gasteiger partial charge >= 0.3 is 0 Å². The third kappa shape index (κ3) is 4.01. The largest absolute Gasteiger partial charge is 0.290 e. The minimum atomic E-state index is -0.131. The van der Waals surface area contributed by atoms with E-state index in [9.17, 15) is 4.79 Å². The van der Waals surface area contributed by atoms with Crippen molar-refractivity contribution in [3.8, 4) is 11.4 Å². The maximum atomic E-state index is 13.2. The third-order valence-corrected chi connectivity index (χ3v) is 5.45. The number of rotatable bonds is 5. The van der Waals surface area contributed by atoms with Crippen LogP contribution in [0.5, 0.6) is 0 Å². The highest BCUT2D eigenvalue weighted by molar-refractivity contribution is 6.30. The van der Waals surface area contributed by atoms with Gasteiger partial charge < -0.3 is 0 Å². The summed E-state index contributed by atoms with van der Waals surface area (Å²) < 4.78 is 1.59. The Hall–Kier alpha value is -2.50. The van der Waals surface area contributed by atoms with Gasteiger partial charge in [-0.25, -0.2) is 9.67 Å². The maximum Gasteiger partial charge on any atom is 0.290 e. The van der Waals surface area contributed by atoms with Crippen LogP contribution in [0, 0.1) is 0 Å². The molecule has 1 saturated heterocycles. The van der Waals surface area contributed by atoms with Crippen LogP contribution >= 0.6 is 11.6 Å². The second kappa shape index (κ2) is 8.25. The van der Waals surface area contributed by atoms with E-state index in [0.717, 1.165) is 37.1 Å². The fourth-order valence-electron chi connectivity index (χ4n) is 3.66. The molecule has 0 N–H and O–H groups in total. The van der Waals surface area contributed by atoms with E-state index < -0.39 is 0 Å². The van der Waals surface area contributed by atoms with Gasteiger partial charge in [-0.15, -0.1) is 5.10 Å². The van der Waals surface area contributed by atoms with Crippen molar-refractivity contribution >= 4 is 11.6 Å². The quantitative estimate of drug-likeness (QED) is 0.651. The van der Waals surface area contributed by atoms with Gasteiger partial charge in [0.1, 0.15) is 11.9 Å². The van der Waals surface area contributed by atoms with Gasteiger partial charge in [-0.1, -0.05) is 54.1 Å². The van der Waals surface area contributed by atoms with Gasteiger partial charge in [0.15, 0.2) is 5.82 Å². The first-order chi connectivity index (χ1) is 13.6. The highest BCUT2D eigenvalue weighted by atomic mass is 35.5. The fourth-order valence-corrected chi connectivity index (χ4v) is 3.85. The summed E-state index contributed by atoms with van der Waals surface area (Å²) in [6.45, 7) is 4.00. The van der Waals surface area contributed by atoms with E-state index in [1.54, 1.807) is 4.68 Å². The molecule has 1 aliphatic rings. The standard InChI is InChI=1S/C22H23ClN4O/c1-16(26-12-5-6-13-26)27-22(28)20(14-17-8-3-2-4-9-17)24-21(25-27)18-10-7-11-19(23)15-18/h2-4,7-11,15-16H,5-6,12-14H2,1H3. The van der Waals surface area contributed by atoms with Crippen LogP contribution in [0.1, 0.15) is 37.2 Å². The molecule has 1 aliphatic heterocycles. The van der Waals surface area contributed by atoms with Crippen LogP contribution in [-0.2, 0) is 6.42 Å². The highest BCUT2D eigenvalue weighted by Gasteiger charge is 2.23. The van der Waals surface area contributed by atoms with Crippen LogP contribution in [0.4, 0.5) is 0 Å². The number of nitrogens with zero attached hydrogens (tertiary/aromatic N) is 4. The summed E-state index contributed by atoms with van der Waals surface area (Å²) in [5.41, 5.74) is 2.23. The summed E-state index contributed by atoms with van der Waals surface area (Å²) in [7, 11) is 0. The lowest BCUT2D eigenvalue weighted by atomic mass is 10.1. The van der Waals surface area contributed by atoms with Gasteiger partial charge in [-0.2, -0.15) is 0 Å². The van der Waals surface area contributed by atoms with Crippen LogP contribution < -0.4 is 5.56 Å². The number of halogens is 1. The van der Waals surface area contributed by atoms with Crippen molar-refractivity contribution in [2.75, 3.05) is 13.1 Å². The van der Waals surface area contributed by atoms with E-state index in [-0.39, 0.29) is 11.7 Å². The van der Waals surface area contributed by atoms with Gasteiger partial charge in [0, 0.05) is 30.1 Å². The summed E-state index contributed by atoms with van der Waals surface area (Å²) in [6.07, 6.45) is 2.68. The number of likely N-dealkylation sites (tertiary alicyclic amines) is 1. The number of benzene rings is 2. The lowest BCUT2D eigenvalue weighted by Crippen LogP contribution is -2.38. The molecule has 3 aromatic rings. The molecule has 1 fully saturated rings. The lowest BCUT2D eigenvalue weighted by Gasteiger charge is -2.25. The first kappa shape index (κ1) is 18.8. The van der Waals surface area contributed by atoms with Gasteiger partial charge in [-0.05, 0) is 37.5 Å². The lowest BCUT2D eigenvalue weighted by molar-refractivity contribution is 0.172. The number of hydrogen-bond donors (Lipinski definition) is 0. The average molecular weight is 395 g/mol. The van der Waals surface area contributed by atoms with Crippen LogP contribution in [0.2, 0.25) is 5.02 Å². The topological polar surface area (TPSA) is 51.0 Å². The Morgan fingerprint density at radius 2 is 1.82 bits per heavy atom. The number of hydrogen-bond acceptors (Lipinski definition) is 4. The molecule has 0 amide bonds. The van der Waals surface area contributed by atoms with Gasteiger partial charge in [-0.3, -0.25) is 9.69 Å². The zero-order valence-corrected chi connectivity index (χ0v) is 16.6. The molecule has 2 aromatic carbocycles. The third-order valence-electron chi connectivity index (χ3n) is 5.22. The SMILES string of the molecule is CC(N1CCCC1)n1nc(-c2cccc(Cl)c2)nc(Cc2ccccc2)c1=O. The highest BCUT2D eigenvalue weighted by Crippen LogP contribution is 2.22. The maximum absolute atomic E-state index is 13.2. The Bertz CT molecular complexity index is 1010. The van der Waals surface area contributed by atoms with Gasteiger partial charge in [0.25, 0.3) is 5.56 Å². The monoisotopic (exact) mass is 394 g/mol. The summed E-state index contributed by atoms with van der Waals surface area (Å²) in [6, 6.07) is 17.4. The molecule has 0 saturated carbocycles. The molecule has 0 aliphatic carbocycles. The Labute approximate surface area is 169 Å². The predicted octanol–water partition coefficient (Wildman–Crippen LogP) is 4.16. The normalized spacial score (nSPS) is 15.6. The van der Waals surface area contributed by atoms with E-state index in [1.165, 1.54) is 0 Å². The smallest absolute Gasteiger partial charge is 0.282 e. The number of aromatic nitrogens is 3. The van der Waals surface area contributed by atoms with Gasteiger partial charge in [0.2, 0.25) is 0 Å². The average Bonchev–Trinajstić information content (AvgIpc) is 3.25. The molecule has 6 heteroatoms. The van der Waals surface area contributed by atoms with Crippen molar-refractivity contribution in [3.63, 3.8) is 0 Å². The molecular formula is C22H23ClN4O. The zero-order chi connectivity index (χ0) is 19.5. The molecule has 1 aromatic heterocycles. The predicted molar refractivity (Wildman–Crippen MR) is 112 cm³/mol. The van der Waals surface area contributed by atoms with Crippen molar-refractivity contribution in [1.82, 2.24) is 19.7 Å². The van der Waals surface area contributed by atoms with E-state index in [4.69, 9.17) is 11.6 Å². The van der Waals surface area contributed by atoms with Crippen LogP contribution in [-0.4, -0.2) is 32.8 Å². The second-order valence-corrected chi connectivity index (χ2v) is 7.62. The van der Waals surface area contributed by atoms with Crippen molar-refractivity contribution in [2.45, 2.75) is 32.4 Å². The zero-order valence-electron chi connectivity index (χ0n) is 15.9. The Morgan fingerprint density at radius 3 is 2.54 bits per heavy atom. The van der Waals surface area contributed by atoms with E-state index in [1.807, 2.05) is 61.5 Å². The molecule has 28 heavy (non-hydrogen) atoms. The summed E-state index contributed by atoms with van der Waals surface area (Å²) in [5, 5.41) is 5.24. The van der Waals surface area contributed by atoms with Gasteiger partial charge in [0.05, 0.1) is 0 Å². The van der Waals surface area contributed by atoms with E-state index in [0.29, 0.717) is 23.0 Å². The Kier molecular flexibility index (Phi) is 5.55. The molecule has 0 radical (unpaired) electrons. The molecule has 0 bridgehead atoms. The molecular weight excluding hydrogens is 372 g/mol. The molecule has 1 atom stereocenters. The van der Waals surface area contributed by atoms with Crippen molar-refractivity contribution in [1.29, 1.82) is 0 Å². The molecule has 5 nitrogen and oxygen atoms in total. The minimum absolute atomic E-state index is 0.106. The Morgan fingerprint density at radius 1 is 1.07 bits per heavy atom. The molecule has 0 spiro atoms. The fraction of sp³-hybridized carbons (Fsp3) is 0.318. The van der Waals surface area contributed by atoms with Crippen molar-refractivity contribution in [2.24, 2.45) is 0 Å². The first-order valence-corrected chi connectivity index (χ1v) is 10.0. The summed E-state index contributed by atoms with van der Waals surface area (Å²) in [5.74, 6) is 0.527. The van der Waals surface area contributed by atoms with E-state index >= 15 is 0 Å². The van der Waals surface area contributed by atoms with Crippen LogP contribution in [0.3, 0.4) is 0 Å². The second-order valence-electron chi connectivity index (χ2n) is 7.18. The first-order valence-electron chi connectivity index (χ1n) is 9.65. The van der Waals surface area contributed by atoms with Crippen molar-refractivity contribution < 1.29 is 0 Å². The van der Waals surface area contributed by atoms with Crippen LogP contribution in [0.15, 0.2) is 59.4 Å². The van der Waals surface area contributed by atoms with Crippen molar-refractivity contribution in [3.05, 3.63) is 81.2 Å². The summed E-state index contributed by atoms with van der Waals surface area (Å²) >= 11 is 6.17. The minimum Gasteiger partial charge on any atom is -0.282 e. The molecule has 4 rings (SSSR count). The molecule has 2 heterocycles. The molecule has 144 valence electrons. The van der Waals surface area contributed by atoms with E-state index in [2.05, 4.69) is 15.0 Å². The van der Waals surface area contributed by atoms with Crippen LogP contribution in [0.25, 0.3) is 11.4 Å². The molecule has 1 unspecified atom stereocenters.